The number of benzene rings is 13. The van der Waals surface area contributed by atoms with Gasteiger partial charge in [0.2, 0.25) is 0 Å². The van der Waals surface area contributed by atoms with Crippen LogP contribution in [0.1, 0.15) is 5.69 Å². The van der Waals surface area contributed by atoms with Gasteiger partial charge in [0.1, 0.15) is 28.1 Å². The van der Waals surface area contributed by atoms with E-state index in [4.69, 9.17) is 32.1 Å². The van der Waals surface area contributed by atoms with Gasteiger partial charge in [0, 0.05) is 152 Å². The minimum atomic E-state index is 0.681. The Morgan fingerprint density at radius 2 is 0.700 bits per heavy atom. The van der Waals surface area contributed by atoms with E-state index >= 15 is 0 Å². The molecule has 13 aromatic carbocycles. The fourth-order valence-corrected chi connectivity index (χ4v) is 19.5. The molecule has 16 aromatic heterocycles. The number of para-hydroxylation sites is 6. The fraction of sp³-hybridized carbons (Fsp3) is 0. The van der Waals surface area contributed by atoms with Gasteiger partial charge in [0.25, 0.3) is 0 Å². The first kappa shape index (κ1) is 82.4. The number of rotatable bonds is 12. The monoisotopic (exact) mass is 1810 g/mol. The summed E-state index contributed by atoms with van der Waals surface area (Å²) in [4.78, 5) is 36.6. The summed E-state index contributed by atoms with van der Waals surface area (Å²) >= 11 is 0. The molecule has 0 aliphatic heterocycles. The molecule has 0 saturated carbocycles. The lowest BCUT2D eigenvalue weighted by molar-refractivity contribution is 0.616. The van der Waals surface area contributed by atoms with Crippen LogP contribution < -0.4 is 0 Å². The largest absolute Gasteiger partial charge is 0.464 e. The van der Waals surface area contributed by atoms with Gasteiger partial charge in [-0.05, 0) is 157 Å². The minimum Gasteiger partial charge on any atom is -0.464 e. The number of hydrogen-bond donors (Lipinski definition) is 0. The SMILES string of the molecule is C=C/C=C(\C=C)c1cc(-n2c3ccccc3c3cc4ccoc4cc32)cc(-c2ccccc2)n1.c1ccc(-c2ccc(-n3c4ccccc4c4cc5ccoc5cc43)cn2)nc1.c1ccc(-c2nccc(-n3c4ccccc4c4cc5ccoc5cc43)n2)cc1.c1ccc(-n2c3ccccc3c3ccc4ccoc4c32)cc1.c1ccc2c(c1)c1cc3ccoc3cc1n2-c1cnc(-c2ccncc2)nc1. The summed E-state index contributed by atoms with van der Waals surface area (Å²) in [7, 11) is 0. The molecule has 0 N–H and O–H groups in total. The molecule has 0 amide bonds. The van der Waals surface area contributed by atoms with Gasteiger partial charge in [-0.25, -0.2) is 24.9 Å². The smallest absolute Gasteiger partial charge is 0.161 e. The summed E-state index contributed by atoms with van der Waals surface area (Å²) < 4.78 is 39.7. The van der Waals surface area contributed by atoms with Crippen LogP contribution >= 0.6 is 0 Å². The third kappa shape index (κ3) is 14.7. The van der Waals surface area contributed by atoms with E-state index in [9.17, 15) is 0 Å². The first-order chi connectivity index (χ1) is 69.3. The fourth-order valence-electron chi connectivity index (χ4n) is 19.5. The maximum atomic E-state index is 5.80. The second-order valence-electron chi connectivity index (χ2n) is 34.0. The molecular weight excluding hydrogens is 1730 g/mol. The van der Waals surface area contributed by atoms with Gasteiger partial charge >= 0.3 is 0 Å². The first-order valence-electron chi connectivity index (χ1n) is 45.9. The molecule has 0 fully saturated rings. The second-order valence-corrected chi connectivity index (χ2v) is 34.0. The molecule has 0 aliphatic rings. The van der Waals surface area contributed by atoms with Gasteiger partial charge in [-0.3, -0.25) is 19.5 Å². The lowest BCUT2D eigenvalue weighted by Crippen LogP contribution is -2.00. The van der Waals surface area contributed by atoms with E-state index < -0.39 is 0 Å². The van der Waals surface area contributed by atoms with Crippen molar-refractivity contribution in [3.63, 3.8) is 0 Å². The molecule has 0 saturated heterocycles. The van der Waals surface area contributed by atoms with Crippen LogP contribution in [0, 0.1) is 0 Å². The molecule has 0 radical (unpaired) electrons. The molecule has 662 valence electrons. The Morgan fingerprint density at radius 3 is 1.21 bits per heavy atom. The quantitative estimate of drug-likeness (QED) is 0.105. The average molecular weight is 1810 g/mol. The van der Waals surface area contributed by atoms with E-state index in [1.807, 2.05) is 170 Å². The van der Waals surface area contributed by atoms with Gasteiger partial charge in [0.05, 0.1) is 145 Å². The maximum absolute atomic E-state index is 5.80. The average Bonchev–Trinajstić information content (AvgIpc) is 1.58. The maximum Gasteiger partial charge on any atom is 0.161 e. The first-order valence-corrected chi connectivity index (χ1v) is 45.9. The van der Waals surface area contributed by atoms with Gasteiger partial charge in [0.15, 0.2) is 17.2 Å². The zero-order valence-corrected chi connectivity index (χ0v) is 75.1. The predicted molar refractivity (Wildman–Crippen MR) is 565 cm³/mol. The van der Waals surface area contributed by atoms with E-state index in [2.05, 4.69) is 296 Å². The third-order valence-corrected chi connectivity index (χ3v) is 25.9. The van der Waals surface area contributed by atoms with Crippen molar-refractivity contribution in [2.75, 3.05) is 0 Å². The number of pyridine rings is 4. The summed E-state index contributed by atoms with van der Waals surface area (Å²) in [6.45, 7) is 7.87. The number of allylic oxidation sites excluding steroid dienone is 4. The third-order valence-electron chi connectivity index (χ3n) is 25.9. The molecule has 18 nitrogen and oxygen atoms in total. The Balaban J connectivity index is 0.0000000929. The molecule has 0 aliphatic carbocycles. The van der Waals surface area contributed by atoms with E-state index in [0.29, 0.717) is 11.6 Å². The molecular formula is C122H79N13O5. The topological polar surface area (TPSA) is 193 Å². The summed E-state index contributed by atoms with van der Waals surface area (Å²) in [6, 6.07) is 124. The molecule has 29 aromatic rings. The van der Waals surface area contributed by atoms with E-state index in [-0.39, 0.29) is 0 Å². The van der Waals surface area contributed by atoms with Crippen molar-refractivity contribution in [2.24, 2.45) is 0 Å². The molecule has 18 heteroatoms. The van der Waals surface area contributed by atoms with Crippen molar-refractivity contribution in [1.29, 1.82) is 0 Å². The van der Waals surface area contributed by atoms with Crippen LogP contribution in [0.4, 0.5) is 0 Å². The Hall–Kier alpha value is -19.5. The number of nitrogens with zero attached hydrogens (tertiary/aromatic N) is 13. The highest BCUT2D eigenvalue weighted by Gasteiger charge is 2.24. The summed E-state index contributed by atoms with van der Waals surface area (Å²) in [5.74, 6) is 2.23. The van der Waals surface area contributed by atoms with Gasteiger partial charge < -0.3 is 40.4 Å². The molecule has 16 heterocycles. The number of hydrogen-bond acceptors (Lipinski definition) is 13. The normalized spacial score (nSPS) is 11.7. The van der Waals surface area contributed by atoms with Crippen LogP contribution in [0.5, 0.6) is 0 Å². The van der Waals surface area contributed by atoms with Gasteiger partial charge in [-0.15, -0.1) is 0 Å². The van der Waals surface area contributed by atoms with Crippen LogP contribution in [0.25, 0.3) is 243 Å². The summed E-state index contributed by atoms with van der Waals surface area (Å²) in [5, 5.41) is 17.6. The Kier molecular flexibility index (Phi) is 20.7. The van der Waals surface area contributed by atoms with E-state index in [1.54, 1.807) is 56.0 Å². The van der Waals surface area contributed by atoms with Crippen molar-refractivity contribution in [3.8, 4) is 74.0 Å². The molecule has 0 atom stereocenters. The van der Waals surface area contributed by atoms with Crippen LogP contribution in [0.3, 0.4) is 0 Å². The molecule has 0 bridgehead atoms. The van der Waals surface area contributed by atoms with E-state index in [1.165, 1.54) is 59.4 Å². The lowest BCUT2D eigenvalue weighted by Gasteiger charge is -2.13. The van der Waals surface area contributed by atoms with Crippen molar-refractivity contribution in [3.05, 3.63) is 476 Å². The minimum absolute atomic E-state index is 0.681. The molecule has 140 heavy (non-hydrogen) atoms. The number of furan rings is 5. The molecule has 0 unspecified atom stereocenters. The van der Waals surface area contributed by atoms with Gasteiger partial charge in [-0.1, -0.05) is 219 Å². The Bertz CT molecular complexity index is 9580. The highest BCUT2D eigenvalue weighted by molar-refractivity contribution is 6.19. The lowest BCUT2D eigenvalue weighted by atomic mass is 10.1. The number of aromatic nitrogens is 13. The zero-order chi connectivity index (χ0) is 93.1. The van der Waals surface area contributed by atoms with Crippen molar-refractivity contribution in [2.45, 2.75) is 0 Å². The molecule has 29 rings (SSSR count). The van der Waals surface area contributed by atoms with E-state index in [0.717, 1.165) is 178 Å². The predicted octanol–water partition coefficient (Wildman–Crippen LogP) is 31.2. The zero-order valence-electron chi connectivity index (χ0n) is 75.1. The van der Waals surface area contributed by atoms with Crippen LogP contribution in [0.15, 0.2) is 492 Å². The standard InChI is InChI=1S/C31H22N2O.2C24H15N3O.C23H14N4O.C20H13NO/c1-3-10-21(4-2)27-18-24(19-28(32-27)22-11-6-5-7-12-22)33-29-14-9-8-13-25(29)26-17-23-15-16-34-31(23)20-30(26)33;1-2-7-22-18(5-1)19-13-16-10-12-28-24(16)14-23(19)27(22)17-8-9-21(26-15-17)20-6-3-4-11-25-20;1-2-6-16(7-3-1)24-25-12-10-23(26-24)27-20-9-5-4-8-18(20)19-14-17-11-13-28-22(17)15-21(19)27;1-2-4-20-18(3-1)19-11-16-7-10-28-22(16)12-21(19)27(20)17-13-25-23(26-14-17)15-5-8-24-9-6-15;1-2-6-15(7-3-1)21-18-9-5-4-8-16(18)17-11-10-14-12-13-22-20(14)19(17)21/h3-20H,1-2H2;2*1-15H;1-14H;1-13H/b21-10+;;;;. The van der Waals surface area contributed by atoms with Crippen LogP contribution in [-0.2, 0) is 0 Å². The number of fused-ring (bicyclic) bond motifs is 21. The molecule has 0 spiro atoms. The summed E-state index contributed by atoms with van der Waals surface area (Å²) in [6.07, 6.45) is 26.9. The second kappa shape index (κ2) is 35.2. The summed E-state index contributed by atoms with van der Waals surface area (Å²) in [5.41, 5.74) is 27.1. The van der Waals surface area contributed by atoms with Crippen molar-refractivity contribution in [1.82, 2.24) is 62.7 Å². The Morgan fingerprint density at radius 1 is 0.257 bits per heavy atom. The van der Waals surface area contributed by atoms with Gasteiger partial charge in [-0.2, -0.15) is 0 Å². The Labute approximate surface area is 798 Å². The highest BCUT2D eigenvalue weighted by Crippen LogP contribution is 2.43. The van der Waals surface area contributed by atoms with Crippen LogP contribution in [-0.4, -0.2) is 62.7 Å². The van der Waals surface area contributed by atoms with Crippen LogP contribution in [0.2, 0.25) is 0 Å². The highest BCUT2D eigenvalue weighted by atomic mass is 16.3. The van der Waals surface area contributed by atoms with Crippen molar-refractivity contribution >= 4 is 169 Å². The van der Waals surface area contributed by atoms with Crippen molar-refractivity contribution < 1.29 is 22.1 Å².